The average Bonchev–Trinajstić information content (AvgIpc) is 2.32. The minimum atomic E-state index is -1.09. The molecule has 7 heteroatoms. The SMILES string of the molecule is CCNC(=O)NC(=O)C(C)Oc1ccc(F)cc1F. The van der Waals surface area contributed by atoms with Crippen LogP contribution in [0.15, 0.2) is 18.2 Å². The summed E-state index contributed by atoms with van der Waals surface area (Å²) in [4.78, 5) is 22.6. The molecule has 0 aliphatic heterocycles. The van der Waals surface area contributed by atoms with Gasteiger partial charge in [0.1, 0.15) is 5.82 Å². The van der Waals surface area contributed by atoms with Crippen molar-refractivity contribution in [3.8, 4) is 5.75 Å². The molecule has 1 aromatic carbocycles. The number of benzene rings is 1. The van der Waals surface area contributed by atoms with Crippen LogP contribution >= 0.6 is 0 Å². The average molecular weight is 272 g/mol. The van der Waals surface area contributed by atoms with E-state index in [9.17, 15) is 18.4 Å². The van der Waals surface area contributed by atoms with E-state index >= 15 is 0 Å². The largest absolute Gasteiger partial charge is 0.478 e. The Bertz CT molecular complexity index is 480. The highest BCUT2D eigenvalue weighted by atomic mass is 19.1. The first-order chi connectivity index (χ1) is 8.93. The van der Waals surface area contributed by atoms with Gasteiger partial charge in [0.05, 0.1) is 0 Å². The molecular weight excluding hydrogens is 258 g/mol. The Labute approximate surface area is 108 Å². The second-order valence-electron chi connectivity index (χ2n) is 3.68. The fourth-order valence-corrected chi connectivity index (χ4v) is 1.23. The van der Waals surface area contributed by atoms with Crippen molar-refractivity contribution >= 4 is 11.9 Å². The van der Waals surface area contributed by atoms with Crippen LogP contribution in [0.25, 0.3) is 0 Å². The molecule has 2 N–H and O–H groups in total. The smallest absolute Gasteiger partial charge is 0.321 e. The number of urea groups is 1. The Hall–Kier alpha value is -2.18. The fraction of sp³-hybridized carbons (Fsp3) is 0.333. The first-order valence-electron chi connectivity index (χ1n) is 5.64. The first kappa shape index (κ1) is 14.9. The van der Waals surface area contributed by atoms with Gasteiger partial charge in [-0.25, -0.2) is 13.6 Å². The zero-order valence-corrected chi connectivity index (χ0v) is 10.5. The number of amides is 3. The third-order valence-electron chi connectivity index (χ3n) is 2.14. The van der Waals surface area contributed by atoms with Gasteiger partial charge in [-0.2, -0.15) is 0 Å². The Morgan fingerprint density at radius 3 is 2.63 bits per heavy atom. The molecule has 0 spiro atoms. The molecule has 1 rings (SSSR count). The summed E-state index contributed by atoms with van der Waals surface area (Å²) in [5.74, 6) is -2.66. The third-order valence-corrected chi connectivity index (χ3v) is 2.14. The van der Waals surface area contributed by atoms with E-state index in [2.05, 4.69) is 5.32 Å². The number of carbonyl (C=O) groups excluding carboxylic acids is 2. The monoisotopic (exact) mass is 272 g/mol. The molecule has 19 heavy (non-hydrogen) atoms. The van der Waals surface area contributed by atoms with Crippen molar-refractivity contribution in [3.05, 3.63) is 29.8 Å². The summed E-state index contributed by atoms with van der Waals surface area (Å²) in [6.45, 7) is 3.40. The van der Waals surface area contributed by atoms with E-state index in [0.717, 1.165) is 12.1 Å². The lowest BCUT2D eigenvalue weighted by Gasteiger charge is -2.14. The normalized spacial score (nSPS) is 11.6. The minimum Gasteiger partial charge on any atom is -0.478 e. The van der Waals surface area contributed by atoms with Gasteiger partial charge in [0.2, 0.25) is 0 Å². The molecule has 1 unspecified atom stereocenters. The molecule has 0 saturated heterocycles. The molecule has 1 aromatic rings. The second kappa shape index (κ2) is 6.67. The zero-order chi connectivity index (χ0) is 14.4. The fourth-order valence-electron chi connectivity index (χ4n) is 1.23. The van der Waals surface area contributed by atoms with Gasteiger partial charge in [0.25, 0.3) is 5.91 Å². The van der Waals surface area contributed by atoms with E-state index in [-0.39, 0.29) is 5.75 Å². The molecule has 0 saturated carbocycles. The lowest BCUT2D eigenvalue weighted by Crippen LogP contribution is -2.45. The summed E-state index contributed by atoms with van der Waals surface area (Å²) in [6.07, 6.45) is -1.09. The molecule has 5 nitrogen and oxygen atoms in total. The van der Waals surface area contributed by atoms with Crippen molar-refractivity contribution in [2.75, 3.05) is 6.54 Å². The van der Waals surface area contributed by atoms with Gasteiger partial charge in [-0.3, -0.25) is 10.1 Å². The number of imide groups is 1. The van der Waals surface area contributed by atoms with Crippen LogP contribution in [0.2, 0.25) is 0 Å². The van der Waals surface area contributed by atoms with Gasteiger partial charge in [-0.1, -0.05) is 0 Å². The Morgan fingerprint density at radius 1 is 1.37 bits per heavy atom. The predicted molar refractivity (Wildman–Crippen MR) is 63.7 cm³/mol. The number of nitrogens with one attached hydrogen (secondary N) is 2. The van der Waals surface area contributed by atoms with Crippen molar-refractivity contribution in [3.63, 3.8) is 0 Å². The van der Waals surface area contributed by atoms with E-state index in [0.29, 0.717) is 12.6 Å². The molecule has 104 valence electrons. The minimum absolute atomic E-state index is 0.264. The van der Waals surface area contributed by atoms with Gasteiger partial charge in [0.15, 0.2) is 17.7 Å². The number of halogens is 2. The molecule has 1 atom stereocenters. The van der Waals surface area contributed by atoms with Gasteiger partial charge in [-0.05, 0) is 26.0 Å². The van der Waals surface area contributed by atoms with Crippen molar-refractivity contribution < 1.29 is 23.1 Å². The van der Waals surface area contributed by atoms with Crippen LogP contribution in [0.3, 0.4) is 0 Å². The number of ether oxygens (including phenoxy) is 1. The number of hydrogen-bond acceptors (Lipinski definition) is 3. The topological polar surface area (TPSA) is 67.4 Å². The third kappa shape index (κ3) is 4.53. The van der Waals surface area contributed by atoms with Crippen LogP contribution in [-0.2, 0) is 4.79 Å². The van der Waals surface area contributed by atoms with Crippen LogP contribution in [0, 0.1) is 11.6 Å². The Morgan fingerprint density at radius 2 is 2.05 bits per heavy atom. The quantitative estimate of drug-likeness (QED) is 0.874. The highest BCUT2D eigenvalue weighted by Gasteiger charge is 2.18. The highest BCUT2D eigenvalue weighted by molar-refractivity contribution is 5.96. The summed E-state index contributed by atoms with van der Waals surface area (Å²) in [5, 5.41) is 4.39. The number of rotatable bonds is 4. The molecule has 0 aromatic heterocycles. The van der Waals surface area contributed by atoms with Gasteiger partial charge in [-0.15, -0.1) is 0 Å². The van der Waals surface area contributed by atoms with Gasteiger partial charge in [0, 0.05) is 12.6 Å². The molecular formula is C12H14F2N2O3. The molecule has 0 heterocycles. The van der Waals surface area contributed by atoms with Crippen molar-refractivity contribution in [2.45, 2.75) is 20.0 Å². The maximum atomic E-state index is 13.3. The molecule has 0 aliphatic carbocycles. The maximum absolute atomic E-state index is 13.3. The molecule has 0 radical (unpaired) electrons. The van der Waals surface area contributed by atoms with Gasteiger partial charge < -0.3 is 10.1 Å². The standard InChI is InChI=1S/C12H14F2N2O3/c1-3-15-12(18)16-11(17)7(2)19-10-5-4-8(13)6-9(10)14/h4-7H,3H2,1-2H3,(H2,15,16,17,18). The lowest BCUT2D eigenvalue weighted by molar-refractivity contribution is -0.126. The molecule has 3 amide bonds. The molecule has 0 fully saturated rings. The number of hydrogen-bond donors (Lipinski definition) is 2. The second-order valence-corrected chi connectivity index (χ2v) is 3.68. The van der Waals surface area contributed by atoms with Crippen molar-refractivity contribution in [1.29, 1.82) is 0 Å². The van der Waals surface area contributed by atoms with E-state index in [1.54, 1.807) is 6.92 Å². The predicted octanol–water partition coefficient (Wildman–Crippen LogP) is 1.58. The van der Waals surface area contributed by atoms with Crippen LogP contribution in [0.1, 0.15) is 13.8 Å². The zero-order valence-electron chi connectivity index (χ0n) is 10.5. The Balaban J connectivity index is 2.61. The van der Waals surface area contributed by atoms with Crippen LogP contribution in [0.5, 0.6) is 5.75 Å². The molecule has 0 bridgehead atoms. The summed E-state index contributed by atoms with van der Waals surface area (Å²) in [6, 6.07) is 2.06. The van der Waals surface area contributed by atoms with E-state index < -0.39 is 29.7 Å². The first-order valence-corrected chi connectivity index (χ1v) is 5.64. The van der Waals surface area contributed by atoms with E-state index in [1.165, 1.54) is 6.92 Å². The summed E-state index contributed by atoms with van der Waals surface area (Å²) < 4.78 is 31.0. The molecule has 0 aliphatic rings. The Kier molecular flexibility index (Phi) is 5.23. The number of carbonyl (C=O) groups is 2. The van der Waals surface area contributed by atoms with E-state index in [1.807, 2.05) is 5.32 Å². The highest BCUT2D eigenvalue weighted by Crippen LogP contribution is 2.18. The lowest BCUT2D eigenvalue weighted by atomic mass is 10.3. The van der Waals surface area contributed by atoms with E-state index in [4.69, 9.17) is 4.74 Å². The summed E-state index contributed by atoms with van der Waals surface area (Å²) in [5.41, 5.74) is 0. The van der Waals surface area contributed by atoms with Crippen molar-refractivity contribution in [2.24, 2.45) is 0 Å². The van der Waals surface area contributed by atoms with Crippen molar-refractivity contribution in [1.82, 2.24) is 10.6 Å². The van der Waals surface area contributed by atoms with Crippen LogP contribution < -0.4 is 15.4 Å². The maximum Gasteiger partial charge on any atom is 0.321 e. The van der Waals surface area contributed by atoms with Crippen LogP contribution in [0.4, 0.5) is 13.6 Å². The summed E-state index contributed by atoms with van der Waals surface area (Å²) >= 11 is 0. The van der Waals surface area contributed by atoms with Crippen LogP contribution in [-0.4, -0.2) is 24.6 Å². The van der Waals surface area contributed by atoms with Gasteiger partial charge >= 0.3 is 6.03 Å². The summed E-state index contributed by atoms with van der Waals surface area (Å²) in [7, 11) is 0.